The van der Waals surface area contributed by atoms with Gasteiger partial charge in [0.25, 0.3) is 0 Å². The molecular weight excluding hydrogens is 300 g/mol. The number of ketones is 2. The Kier molecular flexibility index (Phi) is 3.49. The maximum Gasteiger partial charge on any atom is 0.156 e. The number of hydrogen-bond acceptors (Lipinski definition) is 3. The van der Waals surface area contributed by atoms with Crippen LogP contribution in [0.3, 0.4) is 0 Å². The molecule has 4 aliphatic rings. The molecular formula is C21H26O3. The lowest BCUT2D eigenvalue weighted by atomic mass is 9.51. The first-order chi connectivity index (χ1) is 11.4. The van der Waals surface area contributed by atoms with Gasteiger partial charge >= 0.3 is 0 Å². The maximum atomic E-state index is 12.4. The summed E-state index contributed by atoms with van der Waals surface area (Å²) in [7, 11) is 0. The molecule has 4 atom stereocenters. The fourth-order valence-corrected chi connectivity index (χ4v) is 6.46. The minimum atomic E-state index is -0.771. The summed E-state index contributed by atoms with van der Waals surface area (Å²) >= 11 is 0. The van der Waals surface area contributed by atoms with Crippen LogP contribution in [-0.2, 0) is 14.4 Å². The third kappa shape index (κ3) is 1.87. The predicted molar refractivity (Wildman–Crippen MR) is 91.3 cm³/mol. The maximum absolute atomic E-state index is 12.4. The third-order valence-corrected chi connectivity index (χ3v) is 7.82. The normalized spacial score (nSPS) is 41.2. The van der Waals surface area contributed by atoms with Crippen molar-refractivity contribution in [2.24, 2.45) is 22.7 Å². The molecule has 0 aliphatic heterocycles. The average molecular weight is 326 g/mol. The predicted octanol–water partition coefficient (Wildman–Crippen LogP) is 3.97. The fourth-order valence-electron chi connectivity index (χ4n) is 6.46. The van der Waals surface area contributed by atoms with E-state index in [1.807, 2.05) is 6.08 Å². The van der Waals surface area contributed by atoms with Crippen molar-refractivity contribution in [3.8, 4) is 0 Å². The van der Waals surface area contributed by atoms with Gasteiger partial charge < -0.3 is 4.79 Å². The van der Waals surface area contributed by atoms with Crippen molar-refractivity contribution in [2.45, 2.75) is 65.2 Å². The summed E-state index contributed by atoms with van der Waals surface area (Å²) in [5.41, 5.74) is 3.30. The standard InChI is InChI=1S/C21H26O3/c1-13(23)21(12-22)10-8-19-18-5-3-14-11-15(24)4-6-16(14)17(18)7-9-20(19,21)2/h11-12,18-19H,3-10H2,1-2H3/t18-,19+,20+,21+/m1/s1. The summed E-state index contributed by atoms with van der Waals surface area (Å²) in [4.78, 5) is 36.1. The number of hydrogen-bond donors (Lipinski definition) is 0. The van der Waals surface area contributed by atoms with Crippen LogP contribution in [0.2, 0.25) is 0 Å². The van der Waals surface area contributed by atoms with Crippen LogP contribution in [-0.4, -0.2) is 17.9 Å². The van der Waals surface area contributed by atoms with Crippen LogP contribution >= 0.6 is 0 Å². The second-order valence-electron chi connectivity index (χ2n) is 8.49. The summed E-state index contributed by atoms with van der Waals surface area (Å²) in [5.74, 6) is 1.26. The van der Waals surface area contributed by atoms with Crippen LogP contribution in [0.5, 0.6) is 0 Å². The molecule has 0 unspecified atom stereocenters. The van der Waals surface area contributed by atoms with Crippen LogP contribution < -0.4 is 0 Å². The second-order valence-corrected chi connectivity index (χ2v) is 8.49. The number of carbonyl (C=O) groups excluding carboxylic acids is 3. The van der Waals surface area contributed by atoms with Crippen molar-refractivity contribution in [3.63, 3.8) is 0 Å². The van der Waals surface area contributed by atoms with E-state index in [4.69, 9.17) is 0 Å². The first-order valence-corrected chi connectivity index (χ1v) is 9.36. The zero-order valence-electron chi connectivity index (χ0n) is 14.7. The Balaban J connectivity index is 1.76. The van der Waals surface area contributed by atoms with Crippen LogP contribution in [0.15, 0.2) is 22.8 Å². The number of rotatable bonds is 2. The van der Waals surface area contributed by atoms with Gasteiger partial charge in [-0.1, -0.05) is 12.5 Å². The lowest BCUT2D eigenvalue weighted by Crippen LogP contribution is -2.49. The molecule has 0 amide bonds. The Labute approximate surface area is 143 Å². The highest BCUT2D eigenvalue weighted by Crippen LogP contribution is 2.66. The van der Waals surface area contributed by atoms with Gasteiger partial charge in [0.1, 0.15) is 12.1 Å². The molecule has 0 aromatic rings. The zero-order chi connectivity index (χ0) is 17.1. The van der Waals surface area contributed by atoms with E-state index < -0.39 is 5.41 Å². The Morgan fingerprint density at radius 1 is 1.17 bits per heavy atom. The zero-order valence-corrected chi connectivity index (χ0v) is 14.7. The SMILES string of the molecule is CC(=O)[C@@]1(C=O)CC[C@H]2[C@@H]3CCC4=CC(=O)CCC4=C3CC[C@@]21C. The molecule has 0 radical (unpaired) electrons. The largest absolute Gasteiger partial charge is 0.302 e. The number of fused-ring (bicyclic) bond motifs is 4. The molecule has 0 N–H and O–H groups in total. The summed E-state index contributed by atoms with van der Waals surface area (Å²) in [5, 5.41) is 0. The molecule has 128 valence electrons. The van der Waals surface area contributed by atoms with Gasteiger partial charge in [0.05, 0.1) is 5.41 Å². The van der Waals surface area contributed by atoms with E-state index in [1.54, 1.807) is 12.5 Å². The fraction of sp³-hybridized carbons (Fsp3) is 0.667. The molecule has 0 saturated heterocycles. The molecule has 2 saturated carbocycles. The third-order valence-electron chi connectivity index (χ3n) is 7.82. The van der Waals surface area contributed by atoms with E-state index in [-0.39, 0.29) is 17.0 Å². The summed E-state index contributed by atoms with van der Waals surface area (Å²) in [6.07, 6.45) is 10.0. The van der Waals surface area contributed by atoms with E-state index in [9.17, 15) is 14.4 Å². The van der Waals surface area contributed by atoms with Gasteiger partial charge in [0.2, 0.25) is 0 Å². The monoisotopic (exact) mass is 326 g/mol. The van der Waals surface area contributed by atoms with Crippen molar-refractivity contribution in [1.29, 1.82) is 0 Å². The van der Waals surface area contributed by atoms with Crippen LogP contribution in [0.25, 0.3) is 0 Å². The number of carbonyl (C=O) groups is 3. The Bertz CT molecular complexity index is 698. The van der Waals surface area contributed by atoms with Gasteiger partial charge in [-0.2, -0.15) is 0 Å². The van der Waals surface area contributed by atoms with Crippen molar-refractivity contribution >= 4 is 17.9 Å². The van der Waals surface area contributed by atoms with Gasteiger partial charge in [-0.05, 0) is 86.3 Å². The van der Waals surface area contributed by atoms with E-state index in [2.05, 4.69) is 6.92 Å². The Morgan fingerprint density at radius 2 is 1.96 bits per heavy atom. The number of allylic oxidation sites excluding steroid dienone is 4. The Morgan fingerprint density at radius 3 is 2.67 bits per heavy atom. The highest BCUT2D eigenvalue weighted by Gasteiger charge is 2.63. The Hall–Kier alpha value is -1.51. The van der Waals surface area contributed by atoms with E-state index in [1.165, 1.54) is 11.1 Å². The van der Waals surface area contributed by atoms with E-state index >= 15 is 0 Å². The molecule has 3 nitrogen and oxygen atoms in total. The van der Waals surface area contributed by atoms with E-state index in [0.29, 0.717) is 24.7 Å². The lowest BCUT2D eigenvalue weighted by molar-refractivity contribution is -0.142. The molecule has 0 heterocycles. The topological polar surface area (TPSA) is 51.2 Å². The van der Waals surface area contributed by atoms with Gasteiger partial charge in [-0.3, -0.25) is 9.59 Å². The van der Waals surface area contributed by atoms with Crippen molar-refractivity contribution < 1.29 is 14.4 Å². The quantitative estimate of drug-likeness (QED) is 0.570. The number of Topliss-reactive ketones (excluding diaryl/α,β-unsaturated/α-hetero) is 1. The lowest BCUT2D eigenvalue weighted by Gasteiger charge is -2.51. The molecule has 0 bridgehead atoms. The highest BCUT2D eigenvalue weighted by molar-refractivity contribution is 5.98. The smallest absolute Gasteiger partial charge is 0.156 e. The highest BCUT2D eigenvalue weighted by atomic mass is 16.1. The van der Waals surface area contributed by atoms with Gasteiger partial charge in [-0.25, -0.2) is 0 Å². The van der Waals surface area contributed by atoms with Crippen molar-refractivity contribution in [1.82, 2.24) is 0 Å². The van der Waals surface area contributed by atoms with Crippen LogP contribution in [0.4, 0.5) is 0 Å². The minimum Gasteiger partial charge on any atom is -0.302 e. The summed E-state index contributed by atoms with van der Waals surface area (Å²) in [6, 6.07) is 0. The first kappa shape index (κ1) is 16.0. The molecule has 0 aromatic carbocycles. The molecule has 4 rings (SSSR count). The van der Waals surface area contributed by atoms with Gasteiger partial charge in [0.15, 0.2) is 5.78 Å². The minimum absolute atomic E-state index is 0.0539. The molecule has 3 heteroatoms. The molecule has 4 aliphatic carbocycles. The van der Waals surface area contributed by atoms with Crippen LogP contribution in [0.1, 0.15) is 65.2 Å². The molecule has 2 fully saturated rings. The van der Waals surface area contributed by atoms with Crippen LogP contribution in [0, 0.1) is 22.7 Å². The second kappa shape index (κ2) is 5.24. The van der Waals surface area contributed by atoms with Crippen molar-refractivity contribution in [2.75, 3.05) is 0 Å². The summed E-state index contributed by atoms with van der Waals surface area (Å²) < 4.78 is 0. The molecule has 0 aromatic heterocycles. The number of aldehydes is 1. The molecule has 24 heavy (non-hydrogen) atoms. The van der Waals surface area contributed by atoms with E-state index in [0.717, 1.165) is 44.8 Å². The average Bonchev–Trinajstić information content (AvgIpc) is 2.87. The molecule has 0 spiro atoms. The van der Waals surface area contributed by atoms with Crippen molar-refractivity contribution in [3.05, 3.63) is 22.8 Å². The summed E-state index contributed by atoms with van der Waals surface area (Å²) in [6.45, 7) is 3.79. The first-order valence-electron chi connectivity index (χ1n) is 9.36. The van der Waals surface area contributed by atoms with Gasteiger partial charge in [-0.15, -0.1) is 0 Å². The van der Waals surface area contributed by atoms with Gasteiger partial charge in [0, 0.05) is 6.42 Å².